The van der Waals surface area contributed by atoms with E-state index < -0.39 is 5.82 Å². The summed E-state index contributed by atoms with van der Waals surface area (Å²) in [7, 11) is 0. The minimum Gasteiger partial charge on any atom is -0.360 e. The molecule has 1 amide bonds. The van der Waals surface area contributed by atoms with Crippen LogP contribution in [0, 0.1) is 18.7 Å². The first kappa shape index (κ1) is 21.8. The van der Waals surface area contributed by atoms with E-state index in [2.05, 4.69) is 17.4 Å². The molecule has 170 valence electrons. The minimum absolute atomic E-state index is 0.0274. The molecular weight excluding hydrogens is 463 g/mol. The van der Waals surface area contributed by atoms with Crippen molar-refractivity contribution in [3.05, 3.63) is 62.7 Å². The van der Waals surface area contributed by atoms with E-state index in [0.717, 1.165) is 36.6 Å². The maximum atomic E-state index is 14.7. The summed E-state index contributed by atoms with van der Waals surface area (Å²) in [5, 5.41) is 7.24. The van der Waals surface area contributed by atoms with E-state index in [1.807, 2.05) is 0 Å². The van der Waals surface area contributed by atoms with Gasteiger partial charge in [-0.05, 0) is 49.8 Å². The van der Waals surface area contributed by atoms with Crippen molar-refractivity contribution in [2.45, 2.75) is 38.3 Å². The third-order valence-corrected chi connectivity index (χ3v) is 7.71. The summed E-state index contributed by atoms with van der Waals surface area (Å²) in [6.45, 7) is 3.93. The zero-order chi connectivity index (χ0) is 23.1. The highest BCUT2D eigenvalue weighted by atomic mass is 32.2. The van der Waals surface area contributed by atoms with Gasteiger partial charge in [0.15, 0.2) is 11.0 Å². The minimum atomic E-state index is -0.525. The second kappa shape index (κ2) is 8.75. The molecule has 0 fully saturated rings. The summed E-state index contributed by atoms with van der Waals surface area (Å²) in [5.41, 5.74) is 0.856. The van der Waals surface area contributed by atoms with E-state index in [1.165, 1.54) is 26.8 Å². The summed E-state index contributed by atoms with van der Waals surface area (Å²) in [6, 6.07) is 7.72. The molecule has 0 aliphatic heterocycles. The molecule has 3 aromatic heterocycles. The number of benzene rings is 1. The molecule has 1 aliphatic carbocycles. The van der Waals surface area contributed by atoms with Crippen LogP contribution in [0.15, 0.2) is 44.8 Å². The number of hydrogen-bond donors (Lipinski definition) is 1. The van der Waals surface area contributed by atoms with Gasteiger partial charge in [-0.3, -0.25) is 14.2 Å². The van der Waals surface area contributed by atoms with Crippen LogP contribution in [0.25, 0.3) is 15.9 Å². The van der Waals surface area contributed by atoms with Crippen molar-refractivity contribution < 1.29 is 13.7 Å². The molecule has 1 unspecified atom stereocenters. The number of halogens is 1. The van der Waals surface area contributed by atoms with Gasteiger partial charge in [0.1, 0.15) is 16.4 Å². The topological polar surface area (TPSA) is 90.0 Å². The summed E-state index contributed by atoms with van der Waals surface area (Å²) >= 11 is 2.61. The average Bonchev–Trinajstić information content (AvgIpc) is 3.35. The van der Waals surface area contributed by atoms with Crippen molar-refractivity contribution in [2.24, 2.45) is 5.92 Å². The fourth-order valence-electron chi connectivity index (χ4n) is 4.05. The van der Waals surface area contributed by atoms with E-state index in [0.29, 0.717) is 27.7 Å². The first-order valence-corrected chi connectivity index (χ1v) is 12.4. The van der Waals surface area contributed by atoms with Crippen LogP contribution in [0.1, 0.15) is 29.5 Å². The van der Waals surface area contributed by atoms with Crippen molar-refractivity contribution in [2.75, 3.05) is 11.1 Å². The number of nitrogens with zero attached hydrogens (tertiary/aromatic N) is 3. The Hall–Kier alpha value is -2.98. The number of nitrogens with one attached hydrogen (secondary N) is 1. The number of rotatable bonds is 5. The second-order valence-electron chi connectivity index (χ2n) is 8.18. The lowest BCUT2D eigenvalue weighted by atomic mass is 9.89. The van der Waals surface area contributed by atoms with E-state index >= 15 is 0 Å². The van der Waals surface area contributed by atoms with E-state index in [-0.39, 0.29) is 28.1 Å². The molecule has 33 heavy (non-hydrogen) atoms. The molecule has 1 aliphatic rings. The number of hydrogen-bond acceptors (Lipinski definition) is 7. The fourth-order valence-corrected chi connectivity index (χ4v) is 6.28. The molecule has 0 radical (unpaired) electrons. The highest BCUT2D eigenvalue weighted by molar-refractivity contribution is 7.99. The predicted molar refractivity (Wildman–Crippen MR) is 127 cm³/mol. The third-order valence-electron chi connectivity index (χ3n) is 5.62. The molecule has 3 heterocycles. The number of thioether (sulfide) groups is 1. The number of carbonyl (C=O) groups excluding carboxylic acids is 1. The Morgan fingerprint density at radius 3 is 2.97 bits per heavy atom. The van der Waals surface area contributed by atoms with Gasteiger partial charge in [0.25, 0.3) is 5.56 Å². The number of carbonyl (C=O) groups is 1. The smallest absolute Gasteiger partial charge is 0.267 e. The van der Waals surface area contributed by atoms with Gasteiger partial charge in [0.2, 0.25) is 5.91 Å². The normalized spacial score (nSPS) is 15.5. The number of anilines is 1. The second-order valence-corrected chi connectivity index (χ2v) is 10.2. The highest BCUT2D eigenvalue weighted by Gasteiger charge is 2.26. The Balaban J connectivity index is 1.56. The van der Waals surface area contributed by atoms with Gasteiger partial charge in [-0.25, -0.2) is 9.37 Å². The molecule has 7 nitrogen and oxygen atoms in total. The Labute approximate surface area is 197 Å². The number of aromatic nitrogens is 3. The van der Waals surface area contributed by atoms with Gasteiger partial charge in [-0.2, -0.15) is 0 Å². The number of amides is 1. The maximum Gasteiger partial charge on any atom is 0.267 e. The lowest BCUT2D eigenvalue weighted by Gasteiger charge is -2.18. The Morgan fingerprint density at radius 1 is 1.39 bits per heavy atom. The lowest BCUT2D eigenvalue weighted by molar-refractivity contribution is -0.113. The van der Waals surface area contributed by atoms with Crippen molar-refractivity contribution in [1.29, 1.82) is 0 Å². The van der Waals surface area contributed by atoms with Crippen LogP contribution in [-0.4, -0.2) is 26.4 Å². The molecule has 5 rings (SSSR count). The molecule has 0 saturated heterocycles. The Bertz CT molecular complexity index is 1430. The third kappa shape index (κ3) is 4.20. The van der Waals surface area contributed by atoms with Crippen LogP contribution in [0.3, 0.4) is 0 Å². The molecule has 1 atom stereocenters. The monoisotopic (exact) mass is 484 g/mol. The predicted octanol–water partition coefficient (Wildman–Crippen LogP) is 4.74. The summed E-state index contributed by atoms with van der Waals surface area (Å²) < 4.78 is 21.0. The van der Waals surface area contributed by atoms with Crippen LogP contribution in [0.2, 0.25) is 0 Å². The first-order chi connectivity index (χ1) is 15.9. The van der Waals surface area contributed by atoms with Gasteiger partial charge in [-0.15, -0.1) is 11.3 Å². The van der Waals surface area contributed by atoms with Crippen molar-refractivity contribution >= 4 is 45.0 Å². The van der Waals surface area contributed by atoms with Crippen LogP contribution in [0.4, 0.5) is 10.2 Å². The maximum absolute atomic E-state index is 14.7. The molecule has 1 aromatic carbocycles. The van der Waals surface area contributed by atoms with Gasteiger partial charge >= 0.3 is 0 Å². The zero-order valence-electron chi connectivity index (χ0n) is 18.1. The first-order valence-electron chi connectivity index (χ1n) is 10.6. The molecule has 4 aromatic rings. The highest BCUT2D eigenvalue weighted by Crippen LogP contribution is 2.37. The van der Waals surface area contributed by atoms with Gasteiger partial charge < -0.3 is 9.84 Å². The summed E-state index contributed by atoms with van der Waals surface area (Å²) in [6.07, 6.45) is 2.74. The lowest BCUT2D eigenvalue weighted by Crippen LogP contribution is -2.24. The standard InChI is InChI=1S/C23H21FN4O3S2/c1-12-7-8-14-17(9-12)33-21-20(14)22(30)28(16-6-4-3-5-15(16)24)23(26-21)32-11-19(29)25-18-10-13(2)31-27-18/h3-6,10,12H,7-9,11H2,1-2H3,(H,25,27,29). The van der Waals surface area contributed by atoms with Gasteiger partial charge in [0, 0.05) is 10.9 Å². The molecule has 0 saturated carbocycles. The number of fused-ring (bicyclic) bond motifs is 3. The Morgan fingerprint density at radius 2 is 2.21 bits per heavy atom. The molecule has 0 spiro atoms. The van der Waals surface area contributed by atoms with E-state index in [1.54, 1.807) is 31.2 Å². The van der Waals surface area contributed by atoms with Crippen molar-refractivity contribution in [3.63, 3.8) is 0 Å². The average molecular weight is 485 g/mol. The quantitative estimate of drug-likeness (QED) is 0.325. The van der Waals surface area contributed by atoms with E-state index in [9.17, 15) is 14.0 Å². The van der Waals surface area contributed by atoms with Gasteiger partial charge in [0.05, 0.1) is 16.8 Å². The summed E-state index contributed by atoms with van der Waals surface area (Å²) in [4.78, 5) is 32.7. The van der Waals surface area contributed by atoms with Crippen molar-refractivity contribution in [3.8, 4) is 5.69 Å². The number of para-hydroxylation sites is 1. The number of thiophene rings is 1. The van der Waals surface area contributed by atoms with E-state index in [4.69, 9.17) is 9.51 Å². The van der Waals surface area contributed by atoms with Crippen LogP contribution >= 0.6 is 23.1 Å². The van der Waals surface area contributed by atoms with Crippen LogP contribution in [0.5, 0.6) is 0 Å². The Kier molecular flexibility index (Phi) is 5.79. The SMILES string of the molecule is Cc1cc(NC(=O)CSc2nc3sc4c(c3c(=O)n2-c2ccccc2F)CCC(C)C4)no1. The molecule has 1 N–H and O–H groups in total. The molecule has 0 bridgehead atoms. The van der Waals surface area contributed by atoms with Crippen molar-refractivity contribution in [1.82, 2.24) is 14.7 Å². The van der Waals surface area contributed by atoms with Gasteiger partial charge in [-0.1, -0.05) is 36.0 Å². The number of aryl methyl sites for hydroxylation is 2. The van der Waals surface area contributed by atoms with Crippen LogP contribution in [-0.2, 0) is 17.6 Å². The fraction of sp³-hybridized carbons (Fsp3) is 0.304. The summed E-state index contributed by atoms with van der Waals surface area (Å²) in [5.74, 6) is 0.560. The molecular formula is C23H21FN4O3S2. The molecule has 10 heteroatoms. The largest absolute Gasteiger partial charge is 0.360 e. The van der Waals surface area contributed by atoms with Crippen LogP contribution < -0.4 is 10.9 Å². The zero-order valence-corrected chi connectivity index (χ0v) is 19.7.